The predicted molar refractivity (Wildman–Crippen MR) is 93.8 cm³/mol. The van der Waals surface area contributed by atoms with Crippen molar-refractivity contribution >= 4 is 17.3 Å². The second-order valence-electron chi connectivity index (χ2n) is 5.77. The molecule has 0 aliphatic rings. The summed E-state index contributed by atoms with van der Waals surface area (Å²) in [5, 5.41) is 9.14. The van der Waals surface area contributed by atoms with E-state index in [-0.39, 0.29) is 0 Å². The number of carboxylic acid groups (broad SMARTS) is 1. The first-order valence-corrected chi connectivity index (χ1v) is 7.86. The number of hydrogen-bond donors (Lipinski definition) is 1. The molecular formula is C18H28N2O2. The third-order valence-electron chi connectivity index (χ3n) is 3.72. The fourth-order valence-corrected chi connectivity index (χ4v) is 2.46. The van der Waals surface area contributed by atoms with E-state index in [9.17, 15) is 4.79 Å². The maximum absolute atomic E-state index is 11.1. The van der Waals surface area contributed by atoms with Crippen molar-refractivity contribution in [2.75, 3.05) is 36.0 Å². The van der Waals surface area contributed by atoms with Gasteiger partial charge in [-0.1, -0.05) is 19.1 Å². The summed E-state index contributed by atoms with van der Waals surface area (Å²) < 4.78 is 0. The Hall–Kier alpha value is -1.97. The summed E-state index contributed by atoms with van der Waals surface area (Å²) in [6, 6.07) is 8.31. The molecule has 4 heteroatoms. The van der Waals surface area contributed by atoms with Gasteiger partial charge in [-0.2, -0.15) is 0 Å². The summed E-state index contributed by atoms with van der Waals surface area (Å²) in [5.74, 6) is -1.19. The van der Waals surface area contributed by atoms with Crippen molar-refractivity contribution in [3.8, 4) is 0 Å². The van der Waals surface area contributed by atoms with Gasteiger partial charge in [-0.25, -0.2) is 0 Å². The molecule has 0 bridgehead atoms. The van der Waals surface area contributed by atoms with Gasteiger partial charge in [-0.05, 0) is 45.0 Å². The fraction of sp³-hybridized carbons (Fsp3) is 0.500. The van der Waals surface area contributed by atoms with Crippen LogP contribution in [0, 0.1) is 5.92 Å². The lowest BCUT2D eigenvalue weighted by Gasteiger charge is -2.28. The van der Waals surface area contributed by atoms with Gasteiger partial charge in [0.25, 0.3) is 0 Å². The lowest BCUT2D eigenvalue weighted by molar-refractivity contribution is -0.140. The first-order valence-electron chi connectivity index (χ1n) is 7.86. The first-order chi connectivity index (χ1) is 10.4. The molecule has 4 nitrogen and oxygen atoms in total. The monoisotopic (exact) mass is 304 g/mol. The lowest BCUT2D eigenvalue weighted by Crippen LogP contribution is -2.33. The van der Waals surface area contributed by atoms with Crippen LogP contribution >= 0.6 is 0 Å². The summed E-state index contributed by atoms with van der Waals surface area (Å²) in [4.78, 5) is 15.5. The third kappa shape index (κ3) is 5.10. The van der Waals surface area contributed by atoms with E-state index in [4.69, 9.17) is 5.11 Å². The van der Waals surface area contributed by atoms with Crippen molar-refractivity contribution in [1.82, 2.24) is 0 Å². The average molecular weight is 304 g/mol. The zero-order valence-electron chi connectivity index (χ0n) is 14.2. The molecule has 0 spiro atoms. The Morgan fingerprint density at radius 2 is 1.59 bits per heavy atom. The van der Waals surface area contributed by atoms with Gasteiger partial charge in [-0.15, -0.1) is 0 Å². The van der Waals surface area contributed by atoms with Gasteiger partial charge in [0.05, 0.1) is 5.92 Å². The summed E-state index contributed by atoms with van der Waals surface area (Å²) in [6.07, 6.45) is 0. The Balaban J connectivity index is 2.94. The van der Waals surface area contributed by atoms with Crippen LogP contribution in [0.5, 0.6) is 0 Å². The van der Waals surface area contributed by atoms with Gasteiger partial charge < -0.3 is 14.9 Å². The molecule has 0 fully saturated rings. The quantitative estimate of drug-likeness (QED) is 0.707. The average Bonchev–Trinajstić information content (AvgIpc) is 2.48. The summed E-state index contributed by atoms with van der Waals surface area (Å²) in [6.45, 7) is 15.0. The molecular weight excluding hydrogens is 276 g/mol. The van der Waals surface area contributed by atoms with Crippen molar-refractivity contribution in [2.45, 2.75) is 27.7 Å². The van der Waals surface area contributed by atoms with Crippen LogP contribution in [0.1, 0.15) is 27.7 Å². The van der Waals surface area contributed by atoms with Crippen LogP contribution in [0.15, 0.2) is 36.4 Å². The molecule has 0 aromatic heterocycles. The lowest BCUT2D eigenvalue weighted by atomic mass is 10.1. The topological polar surface area (TPSA) is 43.8 Å². The van der Waals surface area contributed by atoms with Crippen molar-refractivity contribution < 1.29 is 9.90 Å². The summed E-state index contributed by atoms with van der Waals surface area (Å²) >= 11 is 0. The van der Waals surface area contributed by atoms with Gasteiger partial charge in [-0.3, -0.25) is 4.79 Å². The Bertz CT molecular complexity index is 492. The highest BCUT2D eigenvalue weighted by Crippen LogP contribution is 2.22. The van der Waals surface area contributed by atoms with Crippen molar-refractivity contribution in [2.24, 2.45) is 5.92 Å². The van der Waals surface area contributed by atoms with Crippen LogP contribution < -0.4 is 9.80 Å². The highest BCUT2D eigenvalue weighted by atomic mass is 16.4. The number of carbonyl (C=O) groups is 1. The number of hydrogen-bond acceptors (Lipinski definition) is 3. The molecule has 0 heterocycles. The highest BCUT2D eigenvalue weighted by Gasteiger charge is 2.17. The molecule has 1 unspecified atom stereocenters. The van der Waals surface area contributed by atoms with E-state index in [1.165, 1.54) is 5.69 Å². The van der Waals surface area contributed by atoms with Crippen LogP contribution in [0.3, 0.4) is 0 Å². The van der Waals surface area contributed by atoms with Gasteiger partial charge >= 0.3 is 5.97 Å². The number of aliphatic carboxylic acids is 1. The van der Waals surface area contributed by atoms with Crippen molar-refractivity contribution in [3.63, 3.8) is 0 Å². The van der Waals surface area contributed by atoms with E-state index in [0.29, 0.717) is 13.1 Å². The highest BCUT2D eigenvalue weighted by molar-refractivity contribution is 5.70. The third-order valence-corrected chi connectivity index (χ3v) is 3.72. The van der Waals surface area contributed by atoms with Gasteiger partial charge in [0.1, 0.15) is 0 Å². The van der Waals surface area contributed by atoms with Crippen molar-refractivity contribution in [3.05, 3.63) is 36.4 Å². The van der Waals surface area contributed by atoms with Crippen LogP contribution in [0.4, 0.5) is 11.4 Å². The number of anilines is 2. The van der Waals surface area contributed by atoms with E-state index in [0.717, 1.165) is 24.4 Å². The minimum Gasteiger partial charge on any atom is -0.481 e. The second-order valence-corrected chi connectivity index (χ2v) is 5.77. The molecule has 1 N–H and O–H groups in total. The molecule has 0 aliphatic heterocycles. The van der Waals surface area contributed by atoms with Crippen LogP contribution in [0.25, 0.3) is 0 Å². The molecule has 1 atom stereocenters. The molecule has 0 saturated carbocycles. The van der Waals surface area contributed by atoms with E-state index >= 15 is 0 Å². The smallest absolute Gasteiger partial charge is 0.308 e. The van der Waals surface area contributed by atoms with E-state index in [1.807, 2.05) is 6.92 Å². The summed E-state index contributed by atoms with van der Waals surface area (Å²) in [7, 11) is 0. The molecule has 22 heavy (non-hydrogen) atoms. The van der Waals surface area contributed by atoms with Crippen LogP contribution in [-0.2, 0) is 4.79 Å². The number of benzene rings is 1. The number of rotatable bonds is 9. The maximum Gasteiger partial charge on any atom is 0.308 e. The van der Waals surface area contributed by atoms with Gasteiger partial charge in [0.15, 0.2) is 0 Å². The van der Waals surface area contributed by atoms with E-state index in [1.54, 1.807) is 6.92 Å². The Labute approximate surface area is 134 Å². The van der Waals surface area contributed by atoms with Gasteiger partial charge in [0, 0.05) is 37.6 Å². The number of carboxylic acids is 1. The molecule has 0 aliphatic carbocycles. The fourth-order valence-electron chi connectivity index (χ4n) is 2.46. The van der Waals surface area contributed by atoms with Crippen molar-refractivity contribution in [1.29, 1.82) is 0 Å². The summed E-state index contributed by atoms with van der Waals surface area (Å²) in [5.41, 5.74) is 3.24. The van der Waals surface area contributed by atoms with Crippen LogP contribution in [-0.4, -0.2) is 37.3 Å². The zero-order valence-corrected chi connectivity index (χ0v) is 14.2. The second kappa shape index (κ2) is 8.47. The molecule has 0 radical (unpaired) electrons. The minimum absolute atomic E-state index is 0.415. The Morgan fingerprint density at radius 3 is 1.95 bits per heavy atom. The predicted octanol–water partition coefficient (Wildman–Crippen LogP) is 3.64. The molecule has 1 aromatic rings. The first kappa shape index (κ1) is 18.1. The normalized spacial score (nSPS) is 11.8. The standard InChI is InChI=1S/C18H28N2O2/c1-6-19(7-2)16-8-10-17(11-9-16)20(12-14(3)4)13-15(5)18(21)22/h8-11,15H,3,6-7,12-13H2,1-2,4-5H3,(H,21,22). The zero-order chi connectivity index (χ0) is 16.7. The molecule has 122 valence electrons. The van der Waals surface area contributed by atoms with E-state index in [2.05, 4.69) is 54.5 Å². The minimum atomic E-state index is -0.772. The molecule has 0 amide bonds. The Morgan fingerprint density at radius 1 is 1.14 bits per heavy atom. The maximum atomic E-state index is 11.1. The largest absolute Gasteiger partial charge is 0.481 e. The van der Waals surface area contributed by atoms with Crippen LogP contribution in [0.2, 0.25) is 0 Å². The van der Waals surface area contributed by atoms with Gasteiger partial charge in [0.2, 0.25) is 0 Å². The Kier molecular flexibility index (Phi) is 6.96. The number of nitrogens with zero attached hydrogens (tertiary/aromatic N) is 2. The molecule has 1 rings (SSSR count). The SMILES string of the molecule is C=C(C)CN(CC(C)C(=O)O)c1ccc(N(CC)CC)cc1. The molecule has 1 aromatic carbocycles. The molecule has 0 saturated heterocycles. The van der Waals surface area contributed by atoms with E-state index < -0.39 is 11.9 Å².